The zero-order valence-electron chi connectivity index (χ0n) is 8.42. The summed E-state index contributed by atoms with van der Waals surface area (Å²) in [5.74, 6) is 0.880. The molecule has 0 aliphatic rings. The highest BCUT2D eigenvalue weighted by molar-refractivity contribution is 7.13. The molecule has 0 saturated heterocycles. The molecule has 0 spiro atoms. The number of nitrogens with zero attached hydrogens (tertiary/aromatic N) is 2. The summed E-state index contributed by atoms with van der Waals surface area (Å²) < 4.78 is 0. The van der Waals surface area contributed by atoms with Crippen LogP contribution in [0.2, 0.25) is 0 Å². The zero-order valence-corrected chi connectivity index (χ0v) is 9.24. The predicted octanol–water partition coefficient (Wildman–Crippen LogP) is 3.20. The first kappa shape index (κ1) is 9.30. The number of thiazole rings is 1. The van der Waals surface area contributed by atoms with Crippen LogP contribution in [-0.2, 0) is 0 Å². The minimum atomic E-state index is 0.880. The number of H-pyrrole nitrogens is 1. The summed E-state index contributed by atoms with van der Waals surface area (Å²) in [4.78, 5) is 11.9. The molecule has 16 heavy (non-hydrogen) atoms. The Morgan fingerprint density at radius 2 is 1.94 bits per heavy atom. The van der Waals surface area contributed by atoms with Gasteiger partial charge in [-0.3, -0.25) is 0 Å². The third-order valence-corrected chi connectivity index (χ3v) is 3.09. The van der Waals surface area contributed by atoms with Crippen molar-refractivity contribution in [3.8, 4) is 22.1 Å². The maximum atomic E-state index is 4.35. The van der Waals surface area contributed by atoms with Crippen molar-refractivity contribution in [3.05, 3.63) is 48.1 Å². The quantitative estimate of drug-likeness (QED) is 0.730. The van der Waals surface area contributed by atoms with Gasteiger partial charge in [0.15, 0.2) is 0 Å². The number of aromatic nitrogens is 3. The van der Waals surface area contributed by atoms with Gasteiger partial charge in [0, 0.05) is 17.1 Å². The van der Waals surface area contributed by atoms with Gasteiger partial charge in [0.1, 0.15) is 10.8 Å². The van der Waals surface area contributed by atoms with E-state index in [1.807, 2.05) is 41.9 Å². The van der Waals surface area contributed by atoms with Crippen LogP contribution < -0.4 is 0 Å². The SMILES string of the molecule is c1ccc(-c2ncc(-c3nccs3)[nH]2)cc1. The second-order valence-corrected chi connectivity index (χ2v) is 4.24. The molecule has 0 saturated carbocycles. The first-order valence-electron chi connectivity index (χ1n) is 4.94. The molecule has 0 aliphatic carbocycles. The van der Waals surface area contributed by atoms with Crippen molar-refractivity contribution in [3.63, 3.8) is 0 Å². The van der Waals surface area contributed by atoms with Gasteiger partial charge in [-0.15, -0.1) is 11.3 Å². The number of rotatable bonds is 2. The minimum absolute atomic E-state index is 0.880. The molecular weight excluding hydrogens is 218 g/mol. The van der Waals surface area contributed by atoms with E-state index in [1.165, 1.54) is 0 Å². The summed E-state index contributed by atoms with van der Waals surface area (Å²) in [7, 11) is 0. The van der Waals surface area contributed by atoms with Crippen molar-refractivity contribution in [1.29, 1.82) is 0 Å². The highest BCUT2D eigenvalue weighted by Crippen LogP contribution is 2.23. The molecule has 78 valence electrons. The standard InChI is InChI=1S/C12H9N3S/c1-2-4-9(5-3-1)11-14-8-10(15-11)12-13-6-7-16-12/h1-8H,(H,14,15). The third-order valence-electron chi connectivity index (χ3n) is 2.29. The highest BCUT2D eigenvalue weighted by Gasteiger charge is 2.06. The van der Waals surface area contributed by atoms with E-state index in [4.69, 9.17) is 0 Å². The Kier molecular flexibility index (Phi) is 2.27. The van der Waals surface area contributed by atoms with Crippen LogP contribution in [0.5, 0.6) is 0 Å². The van der Waals surface area contributed by atoms with Crippen molar-refractivity contribution in [2.24, 2.45) is 0 Å². The minimum Gasteiger partial charge on any atom is -0.336 e. The molecule has 0 unspecified atom stereocenters. The molecule has 0 fully saturated rings. The van der Waals surface area contributed by atoms with E-state index < -0.39 is 0 Å². The van der Waals surface area contributed by atoms with Crippen molar-refractivity contribution < 1.29 is 0 Å². The molecule has 0 atom stereocenters. The Balaban J connectivity index is 2.00. The van der Waals surface area contributed by atoms with Crippen LogP contribution in [0.4, 0.5) is 0 Å². The lowest BCUT2D eigenvalue weighted by atomic mass is 10.2. The first-order valence-corrected chi connectivity index (χ1v) is 5.82. The average molecular weight is 227 g/mol. The predicted molar refractivity (Wildman–Crippen MR) is 65.1 cm³/mol. The molecule has 2 heterocycles. The van der Waals surface area contributed by atoms with Crippen LogP contribution in [0, 0.1) is 0 Å². The van der Waals surface area contributed by atoms with Gasteiger partial charge in [-0.1, -0.05) is 30.3 Å². The molecule has 3 rings (SSSR count). The van der Waals surface area contributed by atoms with Crippen LogP contribution in [0.3, 0.4) is 0 Å². The van der Waals surface area contributed by atoms with Crippen LogP contribution >= 0.6 is 11.3 Å². The molecule has 0 amide bonds. The number of benzene rings is 1. The Hall–Kier alpha value is -1.94. The third kappa shape index (κ3) is 1.63. The fourth-order valence-electron chi connectivity index (χ4n) is 1.53. The van der Waals surface area contributed by atoms with E-state index in [1.54, 1.807) is 17.5 Å². The number of aromatic amines is 1. The number of hydrogen-bond donors (Lipinski definition) is 1. The lowest BCUT2D eigenvalue weighted by Crippen LogP contribution is -1.79. The topological polar surface area (TPSA) is 41.6 Å². The van der Waals surface area contributed by atoms with Gasteiger partial charge in [0.05, 0.1) is 11.9 Å². The summed E-state index contributed by atoms with van der Waals surface area (Å²) >= 11 is 1.60. The molecule has 0 aliphatic heterocycles. The van der Waals surface area contributed by atoms with Crippen LogP contribution in [0.25, 0.3) is 22.1 Å². The number of hydrogen-bond acceptors (Lipinski definition) is 3. The molecule has 3 nitrogen and oxygen atoms in total. The second-order valence-electron chi connectivity index (χ2n) is 3.35. The van der Waals surface area contributed by atoms with Gasteiger partial charge in [0.2, 0.25) is 0 Å². The second kappa shape index (κ2) is 3.90. The smallest absolute Gasteiger partial charge is 0.141 e. The van der Waals surface area contributed by atoms with Crippen molar-refractivity contribution in [2.75, 3.05) is 0 Å². The zero-order chi connectivity index (χ0) is 10.8. The lowest BCUT2D eigenvalue weighted by molar-refractivity contribution is 1.30. The number of imidazole rings is 1. The van der Waals surface area contributed by atoms with Gasteiger partial charge in [-0.2, -0.15) is 0 Å². The number of nitrogens with one attached hydrogen (secondary N) is 1. The maximum Gasteiger partial charge on any atom is 0.141 e. The molecule has 0 radical (unpaired) electrons. The summed E-state index contributed by atoms with van der Waals surface area (Å²) in [6, 6.07) is 10.1. The fraction of sp³-hybridized carbons (Fsp3) is 0. The summed E-state index contributed by atoms with van der Waals surface area (Å²) in [5, 5.41) is 2.92. The molecule has 4 heteroatoms. The summed E-state index contributed by atoms with van der Waals surface area (Å²) in [6.45, 7) is 0. The Labute approximate surface area is 96.8 Å². The van der Waals surface area contributed by atoms with Gasteiger partial charge in [-0.05, 0) is 0 Å². The van der Waals surface area contributed by atoms with Crippen molar-refractivity contribution in [1.82, 2.24) is 15.0 Å². The summed E-state index contributed by atoms with van der Waals surface area (Å²) in [6.07, 6.45) is 3.62. The molecule has 1 aromatic carbocycles. The normalized spacial score (nSPS) is 10.5. The fourth-order valence-corrected chi connectivity index (χ4v) is 2.13. The molecule has 1 N–H and O–H groups in total. The van der Waals surface area contributed by atoms with Gasteiger partial charge in [0.25, 0.3) is 0 Å². The summed E-state index contributed by atoms with van der Waals surface area (Å²) in [5.41, 5.74) is 2.05. The monoisotopic (exact) mass is 227 g/mol. The van der Waals surface area contributed by atoms with Crippen LogP contribution in [0.15, 0.2) is 48.1 Å². The van der Waals surface area contributed by atoms with Crippen LogP contribution in [-0.4, -0.2) is 15.0 Å². The van der Waals surface area contributed by atoms with Gasteiger partial charge >= 0.3 is 0 Å². The Bertz CT molecular complexity index is 569. The molecular formula is C12H9N3S. The average Bonchev–Trinajstić information content (AvgIpc) is 3.01. The highest BCUT2D eigenvalue weighted by atomic mass is 32.1. The van der Waals surface area contributed by atoms with E-state index in [-0.39, 0.29) is 0 Å². The molecule has 3 aromatic rings. The Morgan fingerprint density at radius 1 is 1.06 bits per heavy atom. The maximum absolute atomic E-state index is 4.35. The first-order chi connectivity index (χ1) is 7.93. The molecule has 2 aromatic heterocycles. The van der Waals surface area contributed by atoms with Gasteiger partial charge < -0.3 is 4.98 Å². The van der Waals surface area contributed by atoms with E-state index in [0.717, 1.165) is 22.1 Å². The van der Waals surface area contributed by atoms with E-state index in [0.29, 0.717) is 0 Å². The van der Waals surface area contributed by atoms with Gasteiger partial charge in [-0.25, -0.2) is 9.97 Å². The lowest BCUT2D eigenvalue weighted by Gasteiger charge is -1.94. The largest absolute Gasteiger partial charge is 0.336 e. The van der Waals surface area contributed by atoms with E-state index >= 15 is 0 Å². The van der Waals surface area contributed by atoms with Crippen molar-refractivity contribution >= 4 is 11.3 Å². The van der Waals surface area contributed by atoms with E-state index in [9.17, 15) is 0 Å². The van der Waals surface area contributed by atoms with E-state index in [2.05, 4.69) is 15.0 Å². The Morgan fingerprint density at radius 3 is 2.69 bits per heavy atom. The van der Waals surface area contributed by atoms with Crippen LogP contribution in [0.1, 0.15) is 0 Å². The van der Waals surface area contributed by atoms with Crippen molar-refractivity contribution in [2.45, 2.75) is 0 Å². The molecule has 0 bridgehead atoms.